The Hall–Kier alpha value is -3.98. The number of rotatable bonds is 6. The summed E-state index contributed by atoms with van der Waals surface area (Å²) in [6, 6.07) is 12.0. The van der Waals surface area contributed by atoms with Crippen LogP contribution in [0.2, 0.25) is 0 Å². The minimum absolute atomic E-state index is 0.0761. The highest BCUT2D eigenvalue weighted by molar-refractivity contribution is 5.99. The second-order valence-electron chi connectivity index (χ2n) is 9.85. The highest BCUT2D eigenvalue weighted by Crippen LogP contribution is 2.40. The van der Waals surface area contributed by atoms with E-state index >= 15 is 8.78 Å². The van der Waals surface area contributed by atoms with Crippen molar-refractivity contribution >= 4 is 22.7 Å². The van der Waals surface area contributed by atoms with Crippen molar-refractivity contribution < 1.29 is 23.4 Å². The molecule has 0 saturated heterocycles. The molecule has 0 spiro atoms. The predicted octanol–water partition coefficient (Wildman–Crippen LogP) is 6.22. The molecule has 5 rings (SSSR count). The number of nitrogens with zero attached hydrogens (tertiary/aromatic N) is 2. The average molecular weight is 507 g/mol. The number of pyridine rings is 1. The normalized spacial score (nSPS) is 17.5. The fourth-order valence-electron chi connectivity index (χ4n) is 4.30. The minimum atomic E-state index is -0.885. The van der Waals surface area contributed by atoms with Gasteiger partial charge in [-0.1, -0.05) is 45.0 Å². The third-order valence-electron chi connectivity index (χ3n) is 6.41. The van der Waals surface area contributed by atoms with Gasteiger partial charge in [0, 0.05) is 41.2 Å². The zero-order chi connectivity index (χ0) is 26.2. The second kappa shape index (κ2) is 9.82. The number of anilines is 1. The first kappa shape index (κ1) is 24.7. The molecule has 0 aliphatic carbocycles. The summed E-state index contributed by atoms with van der Waals surface area (Å²) in [6.07, 6.45) is 3.36. The first-order valence-electron chi connectivity index (χ1n) is 12.1. The van der Waals surface area contributed by atoms with Crippen molar-refractivity contribution in [3.8, 4) is 22.6 Å². The van der Waals surface area contributed by atoms with Gasteiger partial charge in [-0.15, -0.1) is 0 Å². The number of hydrogen-bond acceptors (Lipinski definition) is 6. The lowest BCUT2D eigenvalue weighted by atomic mass is 9.92. The fraction of sp³-hybridized carbons (Fsp3) is 0.286. The van der Waals surface area contributed by atoms with E-state index in [0.717, 1.165) is 28.8 Å². The summed E-state index contributed by atoms with van der Waals surface area (Å²) in [5, 5.41) is 12.9. The number of fused-ring (bicyclic) bond motifs is 1. The molecule has 0 saturated carbocycles. The van der Waals surface area contributed by atoms with Gasteiger partial charge in [-0.25, -0.2) is 18.8 Å². The van der Waals surface area contributed by atoms with Crippen LogP contribution in [-0.4, -0.2) is 40.9 Å². The second-order valence-corrected chi connectivity index (χ2v) is 9.85. The van der Waals surface area contributed by atoms with Crippen molar-refractivity contribution in [2.45, 2.75) is 26.7 Å². The molecule has 1 aliphatic rings. The van der Waals surface area contributed by atoms with E-state index in [2.05, 4.69) is 40.2 Å². The highest BCUT2D eigenvalue weighted by Gasteiger charge is 2.29. The number of halogens is 2. The van der Waals surface area contributed by atoms with Gasteiger partial charge in [0.05, 0.1) is 18.5 Å². The van der Waals surface area contributed by atoms with Gasteiger partial charge in [0.15, 0.2) is 17.4 Å². The van der Waals surface area contributed by atoms with E-state index in [1.807, 2.05) is 31.3 Å². The van der Waals surface area contributed by atoms with Crippen LogP contribution in [0.3, 0.4) is 0 Å². The van der Waals surface area contributed by atoms with Gasteiger partial charge < -0.3 is 24.9 Å². The zero-order valence-corrected chi connectivity index (χ0v) is 20.8. The van der Waals surface area contributed by atoms with E-state index in [9.17, 15) is 5.11 Å². The molecule has 37 heavy (non-hydrogen) atoms. The van der Waals surface area contributed by atoms with Crippen LogP contribution >= 0.6 is 0 Å². The maximum atomic E-state index is 15.1. The standard InChI is InChI=1S/C28H28F2N4O3/c1-16(2)18-6-4-5-7-19(18)20-12-32-26-24(20)23(8-9-31-26)37-25-21(29)10-17(11-22(25)30)34-27-33-13-28(3,14-35)15-36-27/h4-12,16,35H,13-15H2,1-3H3,(H,31,32)(H,33,34). The Morgan fingerprint density at radius 2 is 1.92 bits per heavy atom. The Kier molecular flexibility index (Phi) is 6.55. The predicted molar refractivity (Wildman–Crippen MR) is 139 cm³/mol. The Morgan fingerprint density at radius 3 is 2.59 bits per heavy atom. The van der Waals surface area contributed by atoms with Crippen molar-refractivity contribution in [2.24, 2.45) is 10.4 Å². The monoisotopic (exact) mass is 506 g/mol. The molecule has 1 unspecified atom stereocenters. The number of amidine groups is 1. The summed E-state index contributed by atoms with van der Waals surface area (Å²) in [5.41, 5.74) is 3.16. The Balaban J connectivity index is 1.47. The quantitative estimate of drug-likeness (QED) is 0.289. The third kappa shape index (κ3) is 4.86. The number of benzene rings is 2. The van der Waals surface area contributed by atoms with Gasteiger partial charge in [0.2, 0.25) is 0 Å². The first-order valence-corrected chi connectivity index (χ1v) is 12.1. The van der Waals surface area contributed by atoms with Gasteiger partial charge in [0.25, 0.3) is 6.02 Å². The van der Waals surface area contributed by atoms with Crippen molar-refractivity contribution in [1.29, 1.82) is 0 Å². The summed E-state index contributed by atoms with van der Waals surface area (Å²) < 4.78 is 41.6. The average Bonchev–Trinajstić information content (AvgIpc) is 3.33. The summed E-state index contributed by atoms with van der Waals surface area (Å²) in [5.74, 6) is -1.75. The Bertz CT molecular complexity index is 1460. The summed E-state index contributed by atoms with van der Waals surface area (Å²) in [4.78, 5) is 11.7. The molecule has 9 heteroatoms. The Labute approximate surface area is 213 Å². The molecule has 0 amide bonds. The smallest absolute Gasteiger partial charge is 0.289 e. The lowest BCUT2D eigenvalue weighted by Crippen LogP contribution is -2.38. The fourth-order valence-corrected chi connectivity index (χ4v) is 4.30. The van der Waals surface area contributed by atoms with Crippen LogP contribution in [0.25, 0.3) is 22.2 Å². The molecule has 0 bridgehead atoms. The van der Waals surface area contributed by atoms with E-state index in [1.54, 1.807) is 6.07 Å². The van der Waals surface area contributed by atoms with Crippen molar-refractivity contribution in [3.63, 3.8) is 0 Å². The van der Waals surface area contributed by atoms with Gasteiger partial charge in [-0.05, 0) is 23.1 Å². The Morgan fingerprint density at radius 1 is 1.16 bits per heavy atom. The van der Waals surface area contributed by atoms with E-state index in [-0.39, 0.29) is 36.6 Å². The molecule has 1 atom stereocenters. The number of aromatic amines is 1. The molecule has 3 heterocycles. The van der Waals surface area contributed by atoms with Crippen molar-refractivity contribution in [3.05, 3.63) is 72.1 Å². The van der Waals surface area contributed by atoms with Crippen LogP contribution in [0.15, 0.2) is 59.9 Å². The summed E-state index contributed by atoms with van der Waals surface area (Å²) >= 11 is 0. The van der Waals surface area contributed by atoms with Crippen LogP contribution < -0.4 is 10.1 Å². The highest BCUT2D eigenvalue weighted by atomic mass is 19.1. The van der Waals surface area contributed by atoms with Gasteiger partial charge in [0.1, 0.15) is 18.0 Å². The van der Waals surface area contributed by atoms with Crippen LogP contribution in [-0.2, 0) is 4.74 Å². The van der Waals surface area contributed by atoms with E-state index in [0.29, 0.717) is 17.6 Å². The maximum absolute atomic E-state index is 15.1. The minimum Gasteiger partial charge on any atom is -0.464 e. The van der Waals surface area contributed by atoms with Crippen LogP contribution in [0.1, 0.15) is 32.3 Å². The molecular formula is C28H28F2N4O3. The van der Waals surface area contributed by atoms with Crippen LogP contribution in [0.5, 0.6) is 11.5 Å². The number of ether oxygens (including phenoxy) is 2. The van der Waals surface area contributed by atoms with E-state index in [4.69, 9.17) is 9.47 Å². The molecule has 2 aromatic heterocycles. The van der Waals surface area contributed by atoms with E-state index < -0.39 is 22.8 Å². The van der Waals surface area contributed by atoms with Gasteiger partial charge in [-0.3, -0.25) is 0 Å². The molecule has 0 radical (unpaired) electrons. The van der Waals surface area contributed by atoms with Crippen LogP contribution in [0, 0.1) is 17.0 Å². The molecule has 2 aromatic carbocycles. The first-order chi connectivity index (χ1) is 17.8. The molecule has 192 valence electrons. The number of nitrogens with one attached hydrogen (secondary N) is 2. The molecular weight excluding hydrogens is 478 g/mol. The van der Waals surface area contributed by atoms with Crippen LogP contribution in [0.4, 0.5) is 14.5 Å². The van der Waals surface area contributed by atoms with Crippen molar-refractivity contribution in [1.82, 2.24) is 9.97 Å². The maximum Gasteiger partial charge on any atom is 0.289 e. The zero-order valence-electron chi connectivity index (χ0n) is 20.8. The molecule has 0 fully saturated rings. The summed E-state index contributed by atoms with van der Waals surface area (Å²) in [7, 11) is 0. The summed E-state index contributed by atoms with van der Waals surface area (Å²) in [6.45, 7) is 6.55. The third-order valence-corrected chi connectivity index (χ3v) is 6.41. The number of aromatic nitrogens is 2. The molecule has 3 N–H and O–H groups in total. The molecule has 4 aromatic rings. The van der Waals surface area contributed by atoms with Crippen molar-refractivity contribution in [2.75, 3.05) is 25.1 Å². The number of aliphatic imine (C=N–C) groups is 1. The van der Waals surface area contributed by atoms with Gasteiger partial charge in [-0.2, -0.15) is 0 Å². The van der Waals surface area contributed by atoms with Gasteiger partial charge >= 0.3 is 0 Å². The van der Waals surface area contributed by atoms with E-state index in [1.165, 1.54) is 6.20 Å². The topological polar surface area (TPSA) is 91.8 Å². The number of aliphatic hydroxyl groups excluding tert-OH is 1. The SMILES string of the molecule is CC(C)c1ccccc1-c1c[nH]c2nccc(Oc3c(F)cc(NC4=NCC(C)(CO)CO4)cc3F)c12. The molecule has 7 nitrogen and oxygen atoms in total. The number of aliphatic hydroxyl groups is 1. The lowest BCUT2D eigenvalue weighted by molar-refractivity contribution is 0.0706. The number of H-pyrrole nitrogens is 1. The molecule has 1 aliphatic heterocycles. The number of hydrogen-bond donors (Lipinski definition) is 3. The largest absolute Gasteiger partial charge is 0.464 e. The lowest BCUT2D eigenvalue weighted by Gasteiger charge is -2.30.